The Balaban J connectivity index is 2.02. The number of hydrogen-bond acceptors (Lipinski definition) is 6. The van der Waals surface area contributed by atoms with Crippen molar-refractivity contribution in [2.24, 2.45) is 0 Å². The molecule has 1 heterocycles. The molecule has 1 aliphatic rings. The van der Waals surface area contributed by atoms with Crippen molar-refractivity contribution in [3.05, 3.63) is 52.0 Å². The lowest BCUT2D eigenvalue weighted by Gasteiger charge is -2.35. The summed E-state index contributed by atoms with van der Waals surface area (Å²) in [5.74, 6) is -0.270. The summed E-state index contributed by atoms with van der Waals surface area (Å²) in [6.07, 6.45) is 0.295. The van der Waals surface area contributed by atoms with E-state index >= 15 is 0 Å². The topological polar surface area (TPSA) is 105 Å². The van der Waals surface area contributed by atoms with Gasteiger partial charge in [0.05, 0.1) is 11.4 Å². The highest BCUT2D eigenvalue weighted by molar-refractivity contribution is 7.92. The predicted octanol–water partition coefficient (Wildman–Crippen LogP) is 4.64. The number of sulfonamides is 1. The van der Waals surface area contributed by atoms with E-state index in [0.717, 1.165) is 4.31 Å². The van der Waals surface area contributed by atoms with Crippen LogP contribution in [0.3, 0.4) is 0 Å². The molecular formula is C27H35Cl2N3O6S. The molecule has 0 saturated carbocycles. The summed E-state index contributed by atoms with van der Waals surface area (Å²) in [4.78, 5) is 28.6. The zero-order valence-electron chi connectivity index (χ0n) is 22.8. The second-order valence-electron chi connectivity index (χ2n) is 10.2. The number of nitrogens with zero attached hydrogens (tertiary/aromatic N) is 2. The molecule has 2 aromatic carbocycles. The second-order valence-corrected chi connectivity index (χ2v) is 13.2. The Bertz CT molecular complexity index is 1310. The number of nitrogens with one attached hydrogen (secondary N) is 1. The lowest BCUT2D eigenvalue weighted by atomic mass is 10.1. The van der Waals surface area contributed by atoms with Crippen LogP contribution in [0.4, 0.5) is 5.69 Å². The molecular weight excluding hydrogens is 565 g/mol. The summed E-state index contributed by atoms with van der Waals surface area (Å²) in [7, 11) is -3.89. The molecule has 9 nitrogen and oxygen atoms in total. The van der Waals surface area contributed by atoms with Crippen molar-refractivity contribution in [1.29, 1.82) is 0 Å². The minimum absolute atomic E-state index is 0.0218. The number of rotatable bonds is 10. The van der Waals surface area contributed by atoms with Gasteiger partial charge in [0, 0.05) is 28.2 Å². The van der Waals surface area contributed by atoms with Crippen molar-refractivity contribution in [3.63, 3.8) is 0 Å². The third kappa shape index (κ3) is 7.93. The molecule has 1 N–H and O–H groups in total. The van der Waals surface area contributed by atoms with Crippen LogP contribution in [-0.2, 0) is 26.2 Å². The van der Waals surface area contributed by atoms with E-state index in [9.17, 15) is 18.0 Å². The van der Waals surface area contributed by atoms with Crippen LogP contribution >= 0.6 is 23.2 Å². The van der Waals surface area contributed by atoms with Crippen molar-refractivity contribution in [2.75, 3.05) is 29.8 Å². The van der Waals surface area contributed by atoms with Gasteiger partial charge in [-0.15, -0.1) is 0 Å². The molecule has 0 aromatic heterocycles. The zero-order chi connectivity index (χ0) is 29.0. The lowest BCUT2D eigenvalue weighted by Crippen LogP contribution is -2.55. The molecule has 0 radical (unpaired) electrons. The van der Waals surface area contributed by atoms with Gasteiger partial charge >= 0.3 is 0 Å². The maximum Gasteiger partial charge on any atom is 0.244 e. The Labute approximate surface area is 240 Å². The third-order valence-corrected chi connectivity index (χ3v) is 8.36. The molecule has 1 atom stereocenters. The Morgan fingerprint density at radius 1 is 1.03 bits per heavy atom. The average molecular weight is 601 g/mol. The van der Waals surface area contributed by atoms with Gasteiger partial charge in [-0.05, 0) is 63.9 Å². The van der Waals surface area contributed by atoms with Gasteiger partial charge in [-0.2, -0.15) is 0 Å². The van der Waals surface area contributed by atoms with E-state index in [2.05, 4.69) is 5.32 Å². The molecule has 2 aromatic rings. The van der Waals surface area contributed by atoms with Crippen molar-refractivity contribution < 1.29 is 27.5 Å². The second kappa shape index (κ2) is 12.7. The minimum Gasteiger partial charge on any atom is -0.486 e. The average Bonchev–Trinajstić information content (AvgIpc) is 2.86. The standard InChI is InChI=1S/C27H35Cl2N3O6S/c1-6-22(26(34)30-27(3,4)5)31(16-18-8-9-19(28)14-21(18)29)25(33)17-32(39(35,36)7-2)20-10-11-23-24(15-20)38-13-12-37-23/h8-11,14-15,22H,6-7,12-13,16-17H2,1-5H3,(H,30,34)/t22-/m1/s1. The number of fused-ring (bicyclic) bond motifs is 1. The van der Waals surface area contributed by atoms with Gasteiger partial charge < -0.3 is 19.7 Å². The summed E-state index contributed by atoms with van der Waals surface area (Å²) in [6, 6.07) is 8.72. The fourth-order valence-electron chi connectivity index (χ4n) is 4.11. The van der Waals surface area contributed by atoms with Crippen molar-refractivity contribution >= 4 is 50.7 Å². The Kier molecular flexibility index (Phi) is 10.0. The lowest BCUT2D eigenvalue weighted by molar-refractivity contribution is -0.141. The molecule has 0 aliphatic carbocycles. The molecule has 3 rings (SSSR count). The van der Waals surface area contributed by atoms with Crippen LogP contribution in [0.5, 0.6) is 11.5 Å². The molecule has 39 heavy (non-hydrogen) atoms. The number of halogens is 2. The van der Waals surface area contributed by atoms with Gasteiger partial charge in [0.1, 0.15) is 25.8 Å². The number of benzene rings is 2. The first-order valence-electron chi connectivity index (χ1n) is 12.7. The molecule has 0 saturated heterocycles. The van der Waals surface area contributed by atoms with Crippen LogP contribution in [0.1, 0.15) is 46.6 Å². The van der Waals surface area contributed by atoms with Crippen LogP contribution in [0, 0.1) is 0 Å². The predicted molar refractivity (Wildman–Crippen MR) is 153 cm³/mol. The van der Waals surface area contributed by atoms with Gasteiger partial charge in [0.15, 0.2) is 11.5 Å². The fourth-order valence-corrected chi connectivity index (χ4v) is 5.63. The number of hydrogen-bond donors (Lipinski definition) is 1. The molecule has 12 heteroatoms. The van der Waals surface area contributed by atoms with E-state index in [4.69, 9.17) is 32.7 Å². The Morgan fingerprint density at radius 2 is 1.69 bits per heavy atom. The first-order chi connectivity index (χ1) is 18.3. The van der Waals surface area contributed by atoms with Crippen LogP contribution in [0.25, 0.3) is 0 Å². The van der Waals surface area contributed by atoms with E-state index in [1.807, 2.05) is 20.8 Å². The van der Waals surface area contributed by atoms with Gasteiger partial charge in [-0.3, -0.25) is 13.9 Å². The number of anilines is 1. The number of amides is 2. The summed E-state index contributed by atoms with van der Waals surface area (Å²) in [5, 5.41) is 3.68. The van der Waals surface area contributed by atoms with E-state index in [-0.39, 0.29) is 23.9 Å². The molecule has 1 aliphatic heterocycles. The van der Waals surface area contributed by atoms with Gasteiger partial charge in [-0.25, -0.2) is 8.42 Å². The van der Waals surface area contributed by atoms with E-state index in [1.165, 1.54) is 11.8 Å². The largest absolute Gasteiger partial charge is 0.486 e. The first-order valence-corrected chi connectivity index (χ1v) is 15.1. The molecule has 0 bridgehead atoms. The molecule has 2 amide bonds. The van der Waals surface area contributed by atoms with Crippen LogP contribution in [0.2, 0.25) is 10.0 Å². The normalized spacial score (nSPS) is 13.9. The van der Waals surface area contributed by atoms with E-state index < -0.39 is 34.1 Å². The fraction of sp³-hybridized carbons (Fsp3) is 0.481. The number of carbonyl (C=O) groups excluding carboxylic acids is 2. The summed E-state index contributed by atoms with van der Waals surface area (Å²) >= 11 is 12.5. The highest BCUT2D eigenvalue weighted by Crippen LogP contribution is 2.35. The van der Waals surface area contributed by atoms with E-state index in [0.29, 0.717) is 46.7 Å². The Hall–Kier alpha value is -2.69. The van der Waals surface area contributed by atoms with Crippen LogP contribution in [-0.4, -0.2) is 62.2 Å². The van der Waals surface area contributed by atoms with Gasteiger partial charge in [0.25, 0.3) is 0 Å². The summed E-state index contributed by atoms with van der Waals surface area (Å²) in [6.45, 7) is 8.99. The third-order valence-electron chi connectivity index (χ3n) is 6.03. The molecule has 214 valence electrons. The van der Waals surface area contributed by atoms with Crippen LogP contribution in [0.15, 0.2) is 36.4 Å². The maximum absolute atomic E-state index is 13.9. The molecule has 0 spiro atoms. The van der Waals surface area contributed by atoms with Crippen LogP contribution < -0.4 is 19.1 Å². The summed E-state index contributed by atoms with van der Waals surface area (Å²) < 4.78 is 38.6. The molecule has 0 unspecified atom stereocenters. The first kappa shape index (κ1) is 30.8. The van der Waals surface area contributed by atoms with Crippen molar-refractivity contribution in [1.82, 2.24) is 10.2 Å². The van der Waals surface area contributed by atoms with Gasteiger partial charge in [0.2, 0.25) is 21.8 Å². The SMILES string of the molecule is CC[C@H](C(=O)NC(C)(C)C)N(Cc1ccc(Cl)cc1Cl)C(=O)CN(c1ccc2c(c1)OCCO2)S(=O)(=O)CC. The monoisotopic (exact) mass is 599 g/mol. The summed E-state index contributed by atoms with van der Waals surface area (Å²) in [5.41, 5.74) is 0.284. The maximum atomic E-state index is 13.9. The minimum atomic E-state index is -3.89. The smallest absolute Gasteiger partial charge is 0.244 e. The number of carbonyl (C=O) groups is 2. The van der Waals surface area contributed by atoms with E-state index in [1.54, 1.807) is 43.3 Å². The zero-order valence-corrected chi connectivity index (χ0v) is 25.1. The van der Waals surface area contributed by atoms with Crippen molar-refractivity contribution in [2.45, 2.75) is 59.2 Å². The molecule has 0 fully saturated rings. The number of ether oxygens (including phenoxy) is 2. The highest BCUT2D eigenvalue weighted by atomic mass is 35.5. The highest BCUT2D eigenvalue weighted by Gasteiger charge is 2.34. The quantitative estimate of drug-likeness (QED) is 0.426. The van der Waals surface area contributed by atoms with Crippen molar-refractivity contribution in [3.8, 4) is 11.5 Å². The Morgan fingerprint density at radius 3 is 2.28 bits per heavy atom. The van der Waals surface area contributed by atoms with Gasteiger partial charge in [-0.1, -0.05) is 36.2 Å².